The van der Waals surface area contributed by atoms with Crippen LogP contribution in [0, 0.1) is 6.92 Å². The third-order valence-electron chi connectivity index (χ3n) is 1.99. The minimum absolute atomic E-state index is 0.166. The van der Waals surface area contributed by atoms with Crippen molar-refractivity contribution in [1.82, 2.24) is 0 Å². The molecular formula is C11H9F3N2O3. The number of carbonyl (C=O) groups is 1. The van der Waals surface area contributed by atoms with Gasteiger partial charge in [0.25, 0.3) is 0 Å². The Balaban J connectivity index is 3.11. The zero-order chi connectivity index (χ0) is 14.6. The number of carboxylic acid groups (broad SMARTS) is 1. The fraction of sp³-hybridized carbons (Fsp3) is 0.182. The summed E-state index contributed by atoms with van der Waals surface area (Å²) in [4.78, 5) is 10.6. The highest BCUT2D eigenvalue weighted by atomic mass is 19.4. The van der Waals surface area contributed by atoms with Gasteiger partial charge in [-0.15, -0.1) is 5.11 Å². The minimum atomic E-state index is -5.19. The van der Waals surface area contributed by atoms with Crippen molar-refractivity contribution >= 4 is 11.7 Å². The lowest BCUT2D eigenvalue weighted by Gasteiger charge is -2.05. The second kappa shape index (κ2) is 5.51. The number of aliphatic carboxylic acids is 1. The smallest absolute Gasteiger partial charge is 0.451 e. The summed E-state index contributed by atoms with van der Waals surface area (Å²) in [5.74, 6) is -4.32. The van der Waals surface area contributed by atoms with Crippen molar-refractivity contribution in [2.45, 2.75) is 13.1 Å². The summed E-state index contributed by atoms with van der Waals surface area (Å²) in [6.45, 7) is 1.79. The molecule has 8 heteroatoms. The zero-order valence-electron chi connectivity index (χ0n) is 9.64. The number of hydrogen-bond acceptors (Lipinski definition) is 4. The quantitative estimate of drug-likeness (QED) is 0.502. The molecule has 0 unspecified atom stereocenters. The average Bonchev–Trinajstić information content (AvgIpc) is 2.30. The maximum atomic E-state index is 12.2. The lowest BCUT2D eigenvalue weighted by atomic mass is 10.2. The molecule has 0 aliphatic heterocycles. The molecule has 102 valence electrons. The SMILES string of the molecule is Cc1ccc(N=N/C(C(=O)O)=C(/O)C(F)(F)F)cc1. The first kappa shape index (κ1) is 14.7. The molecule has 0 aromatic heterocycles. The van der Waals surface area contributed by atoms with Gasteiger partial charge >= 0.3 is 12.1 Å². The van der Waals surface area contributed by atoms with Gasteiger partial charge < -0.3 is 10.2 Å². The van der Waals surface area contributed by atoms with E-state index in [-0.39, 0.29) is 5.69 Å². The van der Waals surface area contributed by atoms with Crippen molar-refractivity contribution in [3.05, 3.63) is 41.3 Å². The molecule has 0 saturated carbocycles. The Hall–Kier alpha value is -2.38. The molecule has 5 nitrogen and oxygen atoms in total. The molecule has 0 aliphatic rings. The van der Waals surface area contributed by atoms with Gasteiger partial charge in [-0.25, -0.2) is 4.79 Å². The molecule has 0 aliphatic carbocycles. The van der Waals surface area contributed by atoms with E-state index in [1.54, 1.807) is 19.1 Å². The van der Waals surface area contributed by atoms with Crippen molar-refractivity contribution < 1.29 is 28.2 Å². The Bertz CT molecular complexity index is 533. The van der Waals surface area contributed by atoms with Crippen molar-refractivity contribution in [2.75, 3.05) is 0 Å². The van der Waals surface area contributed by atoms with Crippen LogP contribution in [0.1, 0.15) is 5.56 Å². The van der Waals surface area contributed by atoms with E-state index in [2.05, 4.69) is 10.2 Å². The molecule has 1 rings (SSSR count). The molecule has 1 aromatic rings. The van der Waals surface area contributed by atoms with Gasteiger partial charge in [-0.2, -0.15) is 18.3 Å². The number of nitrogens with zero attached hydrogens (tertiary/aromatic N) is 2. The number of hydrogen-bond donors (Lipinski definition) is 2. The number of alkyl halides is 3. The second-order valence-electron chi connectivity index (χ2n) is 3.54. The number of rotatable bonds is 3. The number of azo groups is 1. The van der Waals surface area contributed by atoms with Gasteiger partial charge in [-0.05, 0) is 19.1 Å². The maximum Gasteiger partial charge on any atom is 0.451 e. The van der Waals surface area contributed by atoms with Crippen LogP contribution in [0.15, 0.2) is 46.0 Å². The Morgan fingerprint density at radius 2 is 1.68 bits per heavy atom. The average molecular weight is 274 g/mol. The molecular weight excluding hydrogens is 265 g/mol. The van der Waals surface area contributed by atoms with Gasteiger partial charge in [0.15, 0.2) is 0 Å². The van der Waals surface area contributed by atoms with Crippen LogP contribution in [0.5, 0.6) is 0 Å². The van der Waals surface area contributed by atoms with E-state index < -0.39 is 23.6 Å². The van der Waals surface area contributed by atoms with Crippen LogP contribution in [0.4, 0.5) is 18.9 Å². The summed E-state index contributed by atoms with van der Waals surface area (Å²) in [7, 11) is 0. The van der Waals surface area contributed by atoms with Crippen LogP contribution in [-0.4, -0.2) is 22.4 Å². The second-order valence-corrected chi connectivity index (χ2v) is 3.54. The number of carboxylic acids is 1. The summed E-state index contributed by atoms with van der Waals surface area (Å²) >= 11 is 0. The summed E-state index contributed by atoms with van der Waals surface area (Å²) in [5.41, 5.74) is -0.501. The third-order valence-corrected chi connectivity index (χ3v) is 1.99. The molecule has 0 atom stereocenters. The molecule has 0 fully saturated rings. The summed E-state index contributed by atoms with van der Waals surface area (Å²) in [6.07, 6.45) is -5.19. The van der Waals surface area contributed by atoms with Gasteiger partial charge in [0.2, 0.25) is 11.5 Å². The van der Waals surface area contributed by atoms with Gasteiger partial charge in [-0.3, -0.25) is 0 Å². The van der Waals surface area contributed by atoms with Crippen LogP contribution in [-0.2, 0) is 4.79 Å². The Morgan fingerprint density at radius 3 is 2.11 bits per heavy atom. The van der Waals surface area contributed by atoms with Crippen LogP contribution in [0.25, 0.3) is 0 Å². The first-order chi connectivity index (χ1) is 8.71. The largest absolute Gasteiger partial charge is 0.502 e. The highest BCUT2D eigenvalue weighted by Gasteiger charge is 2.39. The van der Waals surface area contributed by atoms with E-state index >= 15 is 0 Å². The highest BCUT2D eigenvalue weighted by molar-refractivity contribution is 5.86. The fourth-order valence-electron chi connectivity index (χ4n) is 1.04. The Morgan fingerprint density at radius 1 is 1.16 bits per heavy atom. The molecule has 0 heterocycles. The van der Waals surface area contributed by atoms with Crippen LogP contribution in [0.3, 0.4) is 0 Å². The van der Waals surface area contributed by atoms with E-state index in [4.69, 9.17) is 10.2 Å². The molecule has 0 saturated heterocycles. The highest BCUT2D eigenvalue weighted by Crippen LogP contribution is 2.27. The molecule has 2 N–H and O–H groups in total. The number of aryl methyl sites for hydroxylation is 1. The van der Waals surface area contributed by atoms with Crippen LogP contribution >= 0.6 is 0 Å². The summed E-state index contributed by atoms with van der Waals surface area (Å²) in [6, 6.07) is 6.15. The third kappa shape index (κ3) is 4.09. The van der Waals surface area contributed by atoms with Crippen LogP contribution in [0.2, 0.25) is 0 Å². The minimum Gasteiger partial charge on any atom is -0.502 e. The Labute approximate surface area is 105 Å². The van der Waals surface area contributed by atoms with Gasteiger partial charge in [0.1, 0.15) is 0 Å². The van der Waals surface area contributed by atoms with Crippen LogP contribution < -0.4 is 0 Å². The number of aliphatic hydroxyl groups is 1. The zero-order valence-corrected chi connectivity index (χ0v) is 9.64. The molecule has 1 aromatic carbocycles. The summed E-state index contributed by atoms with van der Waals surface area (Å²) in [5, 5.41) is 23.6. The molecule has 0 amide bonds. The standard InChI is InChI=1S/C11H9F3N2O3/c1-6-2-4-7(5-3-6)15-16-8(10(18)19)9(17)11(12,13)14/h2-5,17H,1H3,(H,18,19)/b9-8+,16-15?. The van der Waals surface area contributed by atoms with E-state index in [1.165, 1.54) is 12.1 Å². The van der Waals surface area contributed by atoms with E-state index in [1.807, 2.05) is 0 Å². The van der Waals surface area contributed by atoms with E-state index in [9.17, 15) is 18.0 Å². The topological polar surface area (TPSA) is 82.2 Å². The molecule has 0 spiro atoms. The van der Waals surface area contributed by atoms with Gasteiger partial charge in [0, 0.05) is 0 Å². The lowest BCUT2D eigenvalue weighted by Crippen LogP contribution is -2.16. The molecule has 0 radical (unpaired) electrons. The molecule has 0 bridgehead atoms. The number of aliphatic hydroxyl groups excluding tert-OH is 1. The first-order valence-electron chi connectivity index (χ1n) is 4.94. The lowest BCUT2D eigenvalue weighted by molar-refractivity contribution is -0.138. The molecule has 19 heavy (non-hydrogen) atoms. The number of allylic oxidation sites excluding steroid dienone is 1. The predicted octanol–water partition coefficient (Wildman–Crippen LogP) is 3.50. The van der Waals surface area contributed by atoms with Crippen molar-refractivity contribution in [3.63, 3.8) is 0 Å². The van der Waals surface area contributed by atoms with Crippen molar-refractivity contribution in [1.29, 1.82) is 0 Å². The van der Waals surface area contributed by atoms with Crippen molar-refractivity contribution in [3.8, 4) is 0 Å². The Kier molecular flexibility index (Phi) is 4.26. The van der Waals surface area contributed by atoms with Gasteiger partial charge in [-0.1, -0.05) is 17.7 Å². The van der Waals surface area contributed by atoms with Crippen molar-refractivity contribution in [2.24, 2.45) is 10.2 Å². The normalized spacial score (nSPS) is 13.5. The number of benzene rings is 1. The number of halogens is 3. The van der Waals surface area contributed by atoms with Gasteiger partial charge in [0.05, 0.1) is 5.69 Å². The summed E-state index contributed by atoms with van der Waals surface area (Å²) < 4.78 is 36.5. The van der Waals surface area contributed by atoms with E-state index in [0.717, 1.165) is 5.56 Å². The maximum absolute atomic E-state index is 12.2. The monoisotopic (exact) mass is 274 g/mol. The first-order valence-corrected chi connectivity index (χ1v) is 4.94. The predicted molar refractivity (Wildman–Crippen MR) is 59.0 cm³/mol. The fourth-order valence-corrected chi connectivity index (χ4v) is 1.04. The van der Waals surface area contributed by atoms with E-state index in [0.29, 0.717) is 0 Å².